The number of thioether (sulfide) groups is 1. The molecule has 0 aromatic carbocycles. The van der Waals surface area contributed by atoms with Crippen LogP contribution in [-0.2, 0) is 0 Å². The van der Waals surface area contributed by atoms with Gasteiger partial charge in [-0.25, -0.2) is 0 Å². The molecular weight excluding hydrogens is 196 g/mol. The average Bonchev–Trinajstić information content (AvgIpc) is 2.26. The monoisotopic (exact) mass is 212 g/mol. The molecule has 1 rings (SSSR count). The topological polar surface area (TPSA) is 59.1 Å². The number of pyridine rings is 1. The Labute approximate surface area is 88.7 Å². The molecule has 1 aromatic rings. The van der Waals surface area contributed by atoms with Crippen molar-refractivity contribution in [2.75, 3.05) is 18.9 Å². The quantitative estimate of drug-likeness (QED) is 0.696. The highest BCUT2D eigenvalue weighted by atomic mass is 32.2. The Balaban J connectivity index is 2.46. The van der Waals surface area contributed by atoms with Crippen molar-refractivity contribution in [1.29, 1.82) is 0 Å². The highest BCUT2D eigenvalue weighted by Gasteiger charge is 2.09. The molecule has 0 amide bonds. The lowest BCUT2D eigenvalue weighted by molar-refractivity contribution is 0.296. The Bertz CT molecular complexity index is 243. The number of nitrogens with zero attached hydrogens (tertiary/aromatic N) is 1. The SMILES string of the molecule is NCC(SCCCO)c1cccnc1. The predicted octanol–water partition coefficient (Wildman–Crippen LogP) is 1.20. The second-order valence-corrected chi connectivity index (χ2v) is 4.27. The fraction of sp³-hybridized carbons (Fsp3) is 0.500. The van der Waals surface area contributed by atoms with Crippen LogP contribution in [0.15, 0.2) is 24.5 Å². The first-order valence-electron chi connectivity index (χ1n) is 4.71. The number of aliphatic hydroxyl groups excluding tert-OH is 1. The first-order valence-corrected chi connectivity index (χ1v) is 5.75. The highest BCUT2D eigenvalue weighted by Crippen LogP contribution is 2.27. The zero-order chi connectivity index (χ0) is 10.2. The van der Waals surface area contributed by atoms with Gasteiger partial charge in [0, 0.05) is 30.8 Å². The van der Waals surface area contributed by atoms with Crippen molar-refractivity contribution in [2.24, 2.45) is 5.73 Å². The van der Waals surface area contributed by atoms with Gasteiger partial charge in [0.25, 0.3) is 0 Å². The van der Waals surface area contributed by atoms with Gasteiger partial charge in [0.1, 0.15) is 0 Å². The maximum Gasteiger partial charge on any atom is 0.0438 e. The van der Waals surface area contributed by atoms with Gasteiger partial charge in [0.05, 0.1) is 0 Å². The molecule has 0 spiro atoms. The molecule has 0 aliphatic carbocycles. The molecule has 14 heavy (non-hydrogen) atoms. The van der Waals surface area contributed by atoms with E-state index in [4.69, 9.17) is 10.8 Å². The van der Waals surface area contributed by atoms with Crippen molar-refractivity contribution in [3.8, 4) is 0 Å². The minimum absolute atomic E-state index is 0.247. The molecule has 0 fully saturated rings. The van der Waals surface area contributed by atoms with Crippen molar-refractivity contribution in [3.05, 3.63) is 30.1 Å². The molecule has 1 aromatic heterocycles. The van der Waals surface area contributed by atoms with Crippen molar-refractivity contribution in [3.63, 3.8) is 0 Å². The Morgan fingerprint density at radius 1 is 1.57 bits per heavy atom. The van der Waals surface area contributed by atoms with Crippen LogP contribution >= 0.6 is 11.8 Å². The van der Waals surface area contributed by atoms with Crippen LogP contribution in [-0.4, -0.2) is 29.0 Å². The van der Waals surface area contributed by atoms with Crippen LogP contribution in [0, 0.1) is 0 Å². The largest absolute Gasteiger partial charge is 0.396 e. The molecule has 3 N–H and O–H groups in total. The normalized spacial score (nSPS) is 12.7. The number of aromatic nitrogens is 1. The van der Waals surface area contributed by atoms with E-state index < -0.39 is 0 Å². The van der Waals surface area contributed by atoms with Gasteiger partial charge in [-0.2, -0.15) is 11.8 Å². The summed E-state index contributed by atoms with van der Waals surface area (Å²) in [6.45, 7) is 0.860. The molecule has 4 heteroatoms. The number of aliphatic hydroxyl groups is 1. The maximum absolute atomic E-state index is 8.67. The van der Waals surface area contributed by atoms with Crippen LogP contribution in [0.4, 0.5) is 0 Å². The van der Waals surface area contributed by atoms with Crippen molar-refractivity contribution < 1.29 is 5.11 Å². The molecule has 0 aliphatic rings. The van der Waals surface area contributed by atoms with Crippen LogP contribution in [0.1, 0.15) is 17.2 Å². The van der Waals surface area contributed by atoms with Crippen LogP contribution in [0.3, 0.4) is 0 Å². The Hall–Kier alpha value is -0.580. The maximum atomic E-state index is 8.67. The first kappa shape index (κ1) is 11.5. The van der Waals surface area contributed by atoms with Gasteiger partial charge in [-0.3, -0.25) is 4.98 Å². The van der Waals surface area contributed by atoms with Crippen molar-refractivity contribution >= 4 is 11.8 Å². The van der Waals surface area contributed by atoms with Gasteiger partial charge in [0.2, 0.25) is 0 Å². The third kappa shape index (κ3) is 3.65. The first-order chi connectivity index (χ1) is 6.88. The summed E-state index contributed by atoms with van der Waals surface area (Å²) in [6, 6.07) is 3.96. The average molecular weight is 212 g/mol. The molecule has 1 heterocycles. The van der Waals surface area contributed by atoms with Crippen LogP contribution in [0.2, 0.25) is 0 Å². The van der Waals surface area contributed by atoms with Gasteiger partial charge in [0.15, 0.2) is 0 Å². The standard InChI is InChI=1S/C10H16N2OS/c11-7-10(14-6-2-5-13)9-3-1-4-12-8-9/h1,3-4,8,10,13H,2,5-7,11H2. The van der Waals surface area contributed by atoms with Crippen molar-refractivity contribution in [1.82, 2.24) is 4.98 Å². The smallest absolute Gasteiger partial charge is 0.0438 e. The zero-order valence-electron chi connectivity index (χ0n) is 8.10. The molecule has 3 nitrogen and oxygen atoms in total. The van der Waals surface area contributed by atoms with Gasteiger partial charge >= 0.3 is 0 Å². The number of hydrogen-bond acceptors (Lipinski definition) is 4. The van der Waals surface area contributed by atoms with E-state index in [-0.39, 0.29) is 6.61 Å². The van der Waals surface area contributed by atoms with Gasteiger partial charge in [-0.1, -0.05) is 6.07 Å². The van der Waals surface area contributed by atoms with E-state index in [0.717, 1.165) is 17.7 Å². The molecule has 1 atom stereocenters. The molecule has 0 aliphatic heterocycles. The van der Waals surface area contributed by atoms with Crippen LogP contribution in [0.25, 0.3) is 0 Å². The number of hydrogen-bond donors (Lipinski definition) is 2. The van der Waals surface area contributed by atoms with Gasteiger partial charge in [-0.05, 0) is 23.8 Å². The van der Waals surface area contributed by atoms with Crippen molar-refractivity contribution in [2.45, 2.75) is 11.7 Å². The lowest BCUT2D eigenvalue weighted by atomic mass is 10.2. The van der Waals surface area contributed by atoms with Crippen LogP contribution in [0.5, 0.6) is 0 Å². The molecule has 0 saturated carbocycles. The van der Waals surface area contributed by atoms with Gasteiger partial charge in [-0.15, -0.1) is 0 Å². The molecule has 1 unspecified atom stereocenters. The summed E-state index contributed by atoms with van der Waals surface area (Å²) in [4.78, 5) is 4.06. The third-order valence-electron chi connectivity index (χ3n) is 1.89. The number of nitrogens with two attached hydrogens (primary N) is 1. The Kier molecular flexibility index (Phi) is 5.59. The molecule has 0 bridgehead atoms. The molecule has 78 valence electrons. The summed E-state index contributed by atoms with van der Waals surface area (Å²) < 4.78 is 0. The minimum atomic E-state index is 0.247. The summed E-state index contributed by atoms with van der Waals surface area (Å²) in [5.41, 5.74) is 6.84. The number of rotatable bonds is 6. The highest BCUT2D eigenvalue weighted by molar-refractivity contribution is 7.99. The molecular formula is C10H16N2OS. The second-order valence-electron chi connectivity index (χ2n) is 2.96. The van der Waals surface area contributed by atoms with E-state index in [0.29, 0.717) is 11.8 Å². The lowest BCUT2D eigenvalue weighted by Gasteiger charge is -2.13. The summed E-state index contributed by atoms with van der Waals surface area (Å²) in [5.74, 6) is 0.938. The predicted molar refractivity (Wildman–Crippen MR) is 60.2 cm³/mol. The zero-order valence-corrected chi connectivity index (χ0v) is 8.91. The van der Waals surface area contributed by atoms with E-state index in [1.807, 2.05) is 18.3 Å². The van der Waals surface area contributed by atoms with Crippen LogP contribution < -0.4 is 5.73 Å². The summed E-state index contributed by atoms with van der Waals surface area (Å²) >= 11 is 1.77. The molecule has 0 radical (unpaired) electrons. The second kappa shape index (κ2) is 6.81. The Morgan fingerprint density at radius 3 is 3.00 bits per heavy atom. The third-order valence-corrected chi connectivity index (χ3v) is 3.28. The van der Waals surface area contributed by atoms with E-state index in [2.05, 4.69) is 4.98 Å². The fourth-order valence-electron chi connectivity index (χ4n) is 1.16. The van der Waals surface area contributed by atoms with E-state index in [1.54, 1.807) is 18.0 Å². The summed E-state index contributed by atoms with van der Waals surface area (Å²) in [6.07, 6.45) is 4.43. The van der Waals surface area contributed by atoms with E-state index in [9.17, 15) is 0 Å². The van der Waals surface area contributed by atoms with E-state index in [1.165, 1.54) is 0 Å². The van der Waals surface area contributed by atoms with Gasteiger partial charge < -0.3 is 10.8 Å². The lowest BCUT2D eigenvalue weighted by Crippen LogP contribution is -2.10. The van der Waals surface area contributed by atoms with E-state index >= 15 is 0 Å². The summed E-state index contributed by atoms with van der Waals surface area (Å²) in [5, 5.41) is 8.97. The minimum Gasteiger partial charge on any atom is -0.396 e. The Morgan fingerprint density at radius 2 is 2.43 bits per heavy atom. The summed E-state index contributed by atoms with van der Waals surface area (Å²) in [7, 11) is 0. The fourth-order valence-corrected chi connectivity index (χ4v) is 2.21. The molecule has 0 saturated heterocycles.